The van der Waals surface area contributed by atoms with Gasteiger partial charge in [0.1, 0.15) is 0 Å². The standard InChI is InChI=1S/C24H38O2.H2O/c25-24(26)22-18-13-11-9-7-5-3-1-2-4-6-8-10-12-15-19-23-20-16-14-17-21-23;/h1,3,14,16-17,20-21H,2,4-13,15,18-19,22H2,(H,25,26);1H2/b3-1-;. The van der Waals surface area contributed by atoms with Crippen molar-refractivity contribution in [1.29, 1.82) is 0 Å². The second-order valence-electron chi connectivity index (χ2n) is 7.32. The summed E-state index contributed by atoms with van der Waals surface area (Å²) in [5.74, 6) is -0.667. The van der Waals surface area contributed by atoms with Gasteiger partial charge in [0.25, 0.3) is 0 Å². The molecule has 0 saturated carbocycles. The number of allylic oxidation sites excluding steroid dienone is 2. The largest absolute Gasteiger partial charge is 0.481 e. The molecule has 0 heterocycles. The van der Waals surface area contributed by atoms with E-state index in [2.05, 4.69) is 42.5 Å². The summed E-state index contributed by atoms with van der Waals surface area (Å²) in [6, 6.07) is 10.8. The Bertz CT molecular complexity index is 468. The number of aryl methyl sites for hydroxylation is 1. The highest BCUT2D eigenvalue weighted by Gasteiger charge is 1.96. The minimum atomic E-state index is -0.667. The lowest BCUT2D eigenvalue weighted by molar-refractivity contribution is -0.137. The van der Waals surface area contributed by atoms with Gasteiger partial charge < -0.3 is 10.6 Å². The van der Waals surface area contributed by atoms with Crippen molar-refractivity contribution in [3.63, 3.8) is 0 Å². The number of carboxylic acids is 1. The van der Waals surface area contributed by atoms with Crippen molar-refractivity contribution in [3.8, 4) is 0 Å². The van der Waals surface area contributed by atoms with Gasteiger partial charge in [-0.2, -0.15) is 0 Å². The first-order valence-corrected chi connectivity index (χ1v) is 10.7. The molecule has 0 aliphatic heterocycles. The smallest absolute Gasteiger partial charge is 0.303 e. The number of hydrogen-bond donors (Lipinski definition) is 1. The van der Waals surface area contributed by atoms with E-state index in [9.17, 15) is 4.79 Å². The molecule has 0 aromatic heterocycles. The number of carbonyl (C=O) groups is 1. The van der Waals surface area contributed by atoms with Crippen molar-refractivity contribution >= 4 is 5.97 Å². The average molecular weight is 377 g/mol. The molecule has 0 bridgehead atoms. The van der Waals surface area contributed by atoms with Crippen LogP contribution in [-0.2, 0) is 11.2 Å². The van der Waals surface area contributed by atoms with E-state index in [1.807, 2.05) is 0 Å². The fourth-order valence-corrected chi connectivity index (χ4v) is 3.25. The third-order valence-electron chi connectivity index (χ3n) is 4.86. The van der Waals surface area contributed by atoms with Crippen LogP contribution >= 0.6 is 0 Å². The molecule has 0 fully saturated rings. The van der Waals surface area contributed by atoms with Crippen molar-refractivity contribution in [2.75, 3.05) is 0 Å². The second-order valence-corrected chi connectivity index (χ2v) is 7.32. The minimum Gasteiger partial charge on any atom is -0.481 e. The Kier molecular flexibility index (Phi) is 18.0. The lowest BCUT2D eigenvalue weighted by Gasteiger charge is -2.02. The van der Waals surface area contributed by atoms with Crippen LogP contribution in [-0.4, -0.2) is 16.6 Å². The van der Waals surface area contributed by atoms with Gasteiger partial charge >= 0.3 is 5.97 Å². The van der Waals surface area contributed by atoms with E-state index in [0.717, 1.165) is 12.8 Å². The topological polar surface area (TPSA) is 68.8 Å². The Morgan fingerprint density at radius 3 is 1.74 bits per heavy atom. The molecular formula is C24H40O3. The molecule has 1 rings (SSSR count). The van der Waals surface area contributed by atoms with E-state index in [0.29, 0.717) is 6.42 Å². The summed E-state index contributed by atoms with van der Waals surface area (Å²) >= 11 is 0. The van der Waals surface area contributed by atoms with Gasteiger partial charge in [0, 0.05) is 6.42 Å². The van der Waals surface area contributed by atoms with E-state index in [-0.39, 0.29) is 5.48 Å². The number of hydrogen-bond acceptors (Lipinski definition) is 1. The maximum absolute atomic E-state index is 10.4. The molecule has 0 aliphatic rings. The van der Waals surface area contributed by atoms with Crippen LogP contribution in [0.25, 0.3) is 0 Å². The van der Waals surface area contributed by atoms with E-state index in [1.54, 1.807) is 0 Å². The van der Waals surface area contributed by atoms with Gasteiger partial charge in [-0.15, -0.1) is 0 Å². The predicted molar refractivity (Wildman–Crippen MR) is 115 cm³/mol. The number of rotatable bonds is 17. The fourth-order valence-electron chi connectivity index (χ4n) is 3.25. The molecular weight excluding hydrogens is 336 g/mol. The highest BCUT2D eigenvalue weighted by Crippen LogP contribution is 2.11. The Morgan fingerprint density at radius 1 is 0.704 bits per heavy atom. The first-order valence-electron chi connectivity index (χ1n) is 10.7. The van der Waals surface area contributed by atoms with E-state index in [4.69, 9.17) is 5.11 Å². The van der Waals surface area contributed by atoms with Crippen molar-refractivity contribution in [1.82, 2.24) is 0 Å². The number of benzene rings is 1. The Morgan fingerprint density at radius 2 is 1.19 bits per heavy atom. The molecule has 1 aromatic carbocycles. The minimum absolute atomic E-state index is 0. The summed E-state index contributed by atoms with van der Waals surface area (Å²) < 4.78 is 0. The van der Waals surface area contributed by atoms with Gasteiger partial charge in [-0.05, 0) is 50.5 Å². The Balaban J connectivity index is 0.00000676. The lowest BCUT2D eigenvalue weighted by atomic mass is 10.0. The summed E-state index contributed by atoms with van der Waals surface area (Å²) in [5, 5.41) is 8.56. The molecule has 3 nitrogen and oxygen atoms in total. The molecule has 0 aliphatic carbocycles. The zero-order valence-corrected chi connectivity index (χ0v) is 17.0. The maximum Gasteiger partial charge on any atom is 0.303 e. The van der Waals surface area contributed by atoms with Crippen LogP contribution in [0.4, 0.5) is 0 Å². The molecule has 0 spiro atoms. The van der Waals surface area contributed by atoms with Crippen molar-refractivity contribution in [2.45, 2.75) is 96.3 Å². The molecule has 3 heteroatoms. The Hall–Kier alpha value is -1.61. The molecule has 0 atom stereocenters. The summed E-state index contributed by atoms with van der Waals surface area (Å²) in [7, 11) is 0. The summed E-state index contributed by atoms with van der Waals surface area (Å²) in [4.78, 5) is 10.4. The molecule has 1 aromatic rings. The van der Waals surface area contributed by atoms with Crippen molar-refractivity contribution in [2.24, 2.45) is 0 Å². The lowest BCUT2D eigenvalue weighted by Crippen LogP contribution is -1.93. The summed E-state index contributed by atoms with van der Waals surface area (Å²) in [6.07, 6.45) is 22.3. The molecule has 3 N–H and O–H groups in total. The zero-order chi connectivity index (χ0) is 18.7. The number of carboxylic acid groups (broad SMARTS) is 1. The average Bonchev–Trinajstić information content (AvgIpc) is 2.65. The normalized spacial score (nSPS) is 10.8. The van der Waals surface area contributed by atoms with Crippen LogP contribution < -0.4 is 0 Å². The van der Waals surface area contributed by atoms with Crippen LogP contribution in [0, 0.1) is 0 Å². The van der Waals surface area contributed by atoms with Gasteiger partial charge in [0.2, 0.25) is 0 Å². The van der Waals surface area contributed by atoms with Crippen LogP contribution in [0.3, 0.4) is 0 Å². The van der Waals surface area contributed by atoms with Crippen LogP contribution in [0.1, 0.15) is 95.5 Å². The second kappa shape index (κ2) is 19.2. The quantitative estimate of drug-likeness (QED) is 0.249. The third kappa shape index (κ3) is 17.6. The SMILES string of the molecule is O.O=C(O)CCCCCCC/C=C\CCCCCCCCc1ccccc1. The van der Waals surface area contributed by atoms with E-state index in [1.165, 1.54) is 82.6 Å². The monoisotopic (exact) mass is 376 g/mol. The highest BCUT2D eigenvalue weighted by molar-refractivity contribution is 5.66. The van der Waals surface area contributed by atoms with E-state index >= 15 is 0 Å². The predicted octanol–water partition coefficient (Wildman–Crippen LogP) is 6.51. The molecule has 154 valence electrons. The molecule has 0 amide bonds. The van der Waals surface area contributed by atoms with Gasteiger partial charge in [-0.25, -0.2) is 0 Å². The maximum atomic E-state index is 10.4. The zero-order valence-electron chi connectivity index (χ0n) is 17.0. The van der Waals surface area contributed by atoms with Gasteiger partial charge in [-0.3, -0.25) is 4.79 Å². The van der Waals surface area contributed by atoms with Gasteiger partial charge in [-0.1, -0.05) is 87.4 Å². The molecule has 0 radical (unpaired) electrons. The molecule has 0 unspecified atom stereocenters. The van der Waals surface area contributed by atoms with Gasteiger partial charge in [0.15, 0.2) is 0 Å². The van der Waals surface area contributed by atoms with Crippen molar-refractivity contribution in [3.05, 3.63) is 48.0 Å². The van der Waals surface area contributed by atoms with Crippen LogP contribution in [0.15, 0.2) is 42.5 Å². The highest BCUT2D eigenvalue weighted by atomic mass is 16.4. The van der Waals surface area contributed by atoms with Gasteiger partial charge in [0.05, 0.1) is 0 Å². The first kappa shape index (κ1) is 25.4. The van der Waals surface area contributed by atoms with Crippen molar-refractivity contribution < 1.29 is 15.4 Å². The number of aliphatic carboxylic acids is 1. The Labute approximate surface area is 166 Å². The van der Waals surface area contributed by atoms with Crippen LogP contribution in [0.2, 0.25) is 0 Å². The van der Waals surface area contributed by atoms with Crippen LogP contribution in [0.5, 0.6) is 0 Å². The summed E-state index contributed by atoms with van der Waals surface area (Å²) in [6.45, 7) is 0. The molecule has 27 heavy (non-hydrogen) atoms. The number of unbranched alkanes of at least 4 members (excludes halogenated alkanes) is 11. The fraction of sp³-hybridized carbons (Fsp3) is 0.625. The first-order chi connectivity index (χ1) is 12.8. The summed E-state index contributed by atoms with van der Waals surface area (Å²) in [5.41, 5.74) is 1.47. The third-order valence-corrected chi connectivity index (χ3v) is 4.86. The van der Waals surface area contributed by atoms with E-state index < -0.39 is 5.97 Å². The molecule has 0 saturated heterocycles.